The lowest BCUT2D eigenvalue weighted by Gasteiger charge is -2.32. The molecule has 1 saturated heterocycles. The fourth-order valence-corrected chi connectivity index (χ4v) is 2.52. The molecule has 0 aromatic heterocycles. The maximum atomic E-state index is 13.5. The number of halogens is 1. The lowest BCUT2D eigenvalue weighted by molar-refractivity contribution is -0.137. The third kappa shape index (κ3) is 3.80. The molecule has 1 aromatic carbocycles. The zero-order chi connectivity index (χ0) is 15.4. The van der Waals surface area contributed by atoms with Crippen molar-refractivity contribution in [2.75, 3.05) is 18.4 Å². The molecule has 21 heavy (non-hydrogen) atoms. The van der Waals surface area contributed by atoms with E-state index in [1.165, 1.54) is 6.07 Å². The molecule has 1 heterocycles. The Morgan fingerprint density at radius 2 is 1.86 bits per heavy atom. The highest BCUT2D eigenvalue weighted by molar-refractivity contribution is 5.92. The molecule has 1 fully saturated rings. The minimum atomic E-state index is -0.432. The highest BCUT2D eigenvalue weighted by atomic mass is 19.1. The van der Waals surface area contributed by atoms with Gasteiger partial charge in [-0.15, -0.1) is 0 Å². The fourth-order valence-electron chi connectivity index (χ4n) is 2.52. The van der Waals surface area contributed by atoms with E-state index >= 15 is 0 Å². The van der Waals surface area contributed by atoms with E-state index in [2.05, 4.69) is 5.32 Å². The average Bonchev–Trinajstić information content (AvgIpc) is 2.49. The molecule has 1 aliphatic rings. The number of rotatable bonds is 3. The number of piperidine rings is 1. The summed E-state index contributed by atoms with van der Waals surface area (Å²) in [5.41, 5.74) is 0.211. The first kappa shape index (κ1) is 15.5. The number of anilines is 1. The molecule has 0 radical (unpaired) electrons. The van der Waals surface area contributed by atoms with Gasteiger partial charge in [-0.2, -0.15) is 0 Å². The highest BCUT2D eigenvalue weighted by Crippen LogP contribution is 2.21. The number of hydrogen-bond acceptors (Lipinski definition) is 2. The van der Waals surface area contributed by atoms with Crippen molar-refractivity contribution in [1.82, 2.24) is 4.90 Å². The van der Waals surface area contributed by atoms with Crippen LogP contribution in [0, 0.1) is 17.7 Å². The van der Waals surface area contributed by atoms with Crippen LogP contribution in [0.25, 0.3) is 0 Å². The van der Waals surface area contributed by atoms with Gasteiger partial charge in [-0.05, 0) is 25.0 Å². The van der Waals surface area contributed by atoms with Crippen LogP contribution in [0.15, 0.2) is 24.3 Å². The molecule has 0 saturated carbocycles. The molecular formula is C16H21FN2O2. The predicted octanol–water partition coefficient (Wildman–Crippen LogP) is 2.66. The largest absolute Gasteiger partial charge is 0.342 e. The van der Waals surface area contributed by atoms with Crippen molar-refractivity contribution in [3.63, 3.8) is 0 Å². The van der Waals surface area contributed by atoms with E-state index in [0.29, 0.717) is 25.9 Å². The van der Waals surface area contributed by atoms with Crippen molar-refractivity contribution in [2.45, 2.75) is 26.7 Å². The Balaban J connectivity index is 1.89. The van der Waals surface area contributed by atoms with Crippen LogP contribution in [-0.2, 0) is 9.59 Å². The minimum Gasteiger partial charge on any atom is -0.342 e. The van der Waals surface area contributed by atoms with Crippen LogP contribution in [0.4, 0.5) is 10.1 Å². The van der Waals surface area contributed by atoms with Gasteiger partial charge < -0.3 is 10.2 Å². The summed E-state index contributed by atoms with van der Waals surface area (Å²) in [6.45, 7) is 4.93. The molecule has 0 aliphatic carbocycles. The topological polar surface area (TPSA) is 49.4 Å². The van der Waals surface area contributed by atoms with Gasteiger partial charge >= 0.3 is 0 Å². The Bertz CT molecular complexity index is 523. The van der Waals surface area contributed by atoms with Gasteiger partial charge in [0.05, 0.1) is 5.69 Å². The molecule has 1 N–H and O–H groups in total. The van der Waals surface area contributed by atoms with E-state index in [0.717, 1.165) is 0 Å². The summed E-state index contributed by atoms with van der Waals surface area (Å²) in [6, 6.07) is 6.13. The van der Waals surface area contributed by atoms with Crippen molar-refractivity contribution in [1.29, 1.82) is 0 Å². The molecule has 114 valence electrons. The number of carbonyl (C=O) groups excluding carboxylic acids is 2. The monoisotopic (exact) mass is 292 g/mol. The van der Waals surface area contributed by atoms with Crippen LogP contribution >= 0.6 is 0 Å². The summed E-state index contributed by atoms with van der Waals surface area (Å²) in [5, 5.41) is 2.63. The van der Waals surface area contributed by atoms with Crippen molar-refractivity contribution < 1.29 is 14.0 Å². The third-order valence-corrected chi connectivity index (χ3v) is 3.80. The van der Waals surface area contributed by atoms with Crippen LogP contribution < -0.4 is 5.32 Å². The number of nitrogens with zero attached hydrogens (tertiary/aromatic N) is 1. The Labute approximate surface area is 124 Å². The first-order valence-electron chi connectivity index (χ1n) is 7.33. The van der Waals surface area contributed by atoms with Gasteiger partial charge in [0.25, 0.3) is 0 Å². The number of para-hydroxylation sites is 1. The maximum absolute atomic E-state index is 13.5. The molecule has 1 aliphatic heterocycles. The van der Waals surface area contributed by atoms with E-state index in [4.69, 9.17) is 0 Å². The predicted molar refractivity (Wildman–Crippen MR) is 79.2 cm³/mol. The third-order valence-electron chi connectivity index (χ3n) is 3.80. The molecular weight excluding hydrogens is 271 g/mol. The second-order valence-electron chi connectivity index (χ2n) is 5.72. The summed E-state index contributed by atoms with van der Waals surface area (Å²) >= 11 is 0. The Morgan fingerprint density at radius 3 is 2.43 bits per heavy atom. The van der Waals surface area contributed by atoms with Gasteiger partial charge in [-0.3, -0.25) is 9.59 Å². The Kier molecular flexibility index (Phi) is 4.94. The summed E-state index contributed by atoms with van der Waals surface area (Å²) in [4.78, 5) is 25.8. The summed E-state index contributed by atoms with van der Waals surface area (Å²) in [7, 11) is 0. The molecule has 0 atom stereocenters. The molecule has 4 nitrogen and oxygen atoms in total. The number of hydrogen-bond donors (Lipinski definition) is 1. The van der Waals surface area contributed by atoms with Crippen molar-refractivity contribution in [2.24, 2.45) is 11.8 Å². The van der Waals surface area contributed by atoms with Gasteiger partial charge in [0.15, 0.2) is 0 Å². The number of nitrogens with one attached hydrogen (secondary N) is 1. The Morgan fingerprint density at radius 1 is 1.24 bits per heavy atom. The van der Waals surface area contributed by atoms with Gasteiger partial charge in [-0.1, -0.05) is 26.0 Å². The molecule has 2 amide bonds. The first-order chi connectivity index (χ1) is 9.99. The van der Waals surface area contributed by atoms with Crippen molar-refractivity contribution in [3.05, 3.63) is 30.1 Å². The second-order valence-corrected chi connectivity index (χ2v) is 5.72. The van der Waals surface area contributed by atoms with E-state index in [9.17, 15) is 14.0 Å². The average molecular weight is 292 g/mol. The standard InChI is InChI=1S/C16H21FN2O2/c1-11(2)16(21)19-9-7-12(8-10-19)15(20)18-14-6-4-3-5-13(14)17/h3-6,11-12H,7-10H2,1-2H3,(H,18,20). The van der Waals surface area contributed by atoms with E-state index in [1.807, 2.05) is 13.8 Å². The van der Waals surface area contributed by atoms with E-state index < -0.39 is 5.82 Å². The van der Waals surface area contributed by atoms with Crippen molar-refractivity contribution >= 4 is 17.5 Å². The second kappa shape index (κ2) is 6.70. The number of benzene rings is 1. The van der Waals surface area contributed by atoms with Crippen LogP contribution in [0.5, 0.6) is 0 Å². The quantitative estimate of drug-likeness (QED) is 0.931. The smallest absolute Gasteiger partial charge is 0.227 e. The molecule has 2 rings (SSSR count). The zero-order valence-electron chi connectivity index (χ0n) is 12.4. The zero-order valence-corrected chi connectivity index (χ0v) is 12.4. The van der Waals surface area contributed by atoms with Gasteiger partial charge in [0, 0.05) is 24.9 Å². The van der Waals surface area contributed by atoms with Crippen LogP contribution in [0.1, 0.15) is 26.7 Å². The lowest BCUT2D eigenvalue weighted by Crippen LogP contribution is -2.43. The normalized spacial score (nSPS) is 16.1. The Hall–Kier alpha value is -1.91. The fraction of sp³-hybridized carbons (Fsp3) is 0.500. The molecule has 0 bridgehead atoms. The number of carbonyl (C=O) groups is 2. The van der Waals surface area contributed by atoms with E-state index in [1.54, 1.807) is 23.1 Å². The van der Waals surface area contributed by atoms with Gasteiger partial charge in [-0.25, -0.2) is 4.39 Å². The molecule has 5 heteroatoms. The molecule has 1 aromatic rings. The number of amides is 2. The molecule has 0 spiro atoms. The SMILES string of the molecule is CC(C)C(=O)N1CCC(C(=O)Nc2ccccc2F)CC1. The van der Waals surface area contributed by atoms with E-state index in [-0.39, 0.29) is 29.3 Å². The van der Waals surface area contributed by atoms with Gasteiger partial charge in [0.1, 0.15) is 5.82 Å². The number of likely N-dealkylation sites (tertiary alicyclic amines) is 1. The van der Waals surface area contributed by atoms with Crippen LogP contribution in [0.2, 0.25) is 0 Å². The highest BCUT2D eigenvalue weighted by Gasteiger charge is 2.28. The van der Waals surface area contributed by atoms with Crippen LogP contribution in [-0.4, -0.2) is 29.8 Å². The summed E-state index contributed by atoms with van der Waals surface area (Å²) in [6.07, 6.45) is 1.25. The minimum absolute atomic E-state index is 0.0196. The molecule has 0 unspecified atom stereocenters. The first-order valence-corrected chi connectivity index (χ1v) is 7.33. The lowest BCUT2D eigenvalue weighted by atomic mass is 9.95. The van der Waals surface area contributed by atoms with Gasteiger partial charge in [0.2, 0.25) is 11.8 Å². The maximum Gasteiger partial charge on any atom is 0.227 e. The summed E-state index contributed by atoms with van der Waals surface area (Å²) < 4.78 is 13.5. The van der Waals surface area contributed by atoms with Crippen molar-refractivity contribution in [3.8, 4) is 0 Å². The van der Waals surface area contributed by atoms with Crippen LogP contribution in [0.3, 0.4) is 0 Å². The summed E-state index contributed by atoms with van der Waals surface area (Å²) in [5.74, 6) is -0.660.